The molecule has 35 heavy (non-hydrogen) atoms. The molecule has 1 heterocycles. The van der Waals surface area contributed by atoms with E-state index >= 15 is 0 Å². The Hall–Kier alpha value is -3.60. The number of nitrogens with one attached hydrogen (secondary N) is 1. The topological polar surface area (TPSA) is 81.5 Å². The van der Waals surface area contributed by atoms with Crippen LogP contribution in [0.4, 0.5) is 23.2 Å². The molecule has 0 bridgehead atoms. The number of nitro groups is 1. The van der Waals surface area contributed by atoms with E-state index in [4.69, 9.17) is 4.74 Å². The number of ketones is 1. The first-order valence-electron chi connectivity index (χ1n) is 10.2. The first kappa shape index (κ1) is 24.5. The van der Waals surface area contributed by atoms with Crippen molar-refractivity contribution in [1.82, 2.24) is 5.32 Å². The van der Waals surface area contributed by atoms with Crippen LogP contribution in [-0.2, 0) is 17.6 Å². The van der Waals surface area contributed by atoms with Gasteiger partial charge < -0.3 is 10.1 Å². The Kier molecular flexibility index (Phi) is 6.46. The zero-order chi connectivity index (χ0) is 25.5. The third-order valence-corrected chi connectivity index (χ3v) is 6.98. The predicted molar refractivity (Wildman–Crippen MR) is 125 cm³/mol. The number of nitro benzene ring substituents is 1. The molecule has 0 fully saturated rings. The fourth-order valence-electron chi connectivity index (χ4n) is 4.05. The number of benzene rings is 3. The lowest BCUT2D eigenvalue weighted by atomic mass is 9.92. The van der Waals surface area contributed by atoms with E-state index in [-0.39, 0.29) is 33.5 Å². The van der Waals surface area contributed by atoms with Crippen LogP contribution in [0.3, 0.4) is 0 Å². The standard InChI is InChI=1S/C24H18F4N2O4S/c1-29-23-20(13-4-3-5-14(8-13)24(26,27)28)21(31)22(35-23)18-10-15(34-2)9-17-16(18)6-12(11-25)7-19(17)30(32)33/h3-10,22,29H,11H2,1-2H3. The van der Waals surface area contributed by atoms with Crippen molar-refractivity contribution in [2.24, 2.45) is 0 Å². The van der Waals surface area contributed by atoms with Crippen molar-refractivity contribution < 1.29 is 32.0 Å². The number of thioether (sulfide) groups is 1. The van der Waals surface area contributed by atoms with E-state index in [0.29, 0.717) is 16.0 Å². The molecule has 3 aromatic rings. The van der Waals surface area contributed by atoms with Crippen LogP contribution in [-0.4, -0.2) is 24.9 Å². The number of allylic oxidation sites excluding steroid dienone is 1. The van der Waals surface area contributed by atoms with Gasteiger partial charge in [-0.1, -0.05) is 23.9 Å². The monoisotopic (exact) mass is 506 g/mol. The normalized spacial score (nSPS) is 16.2. The van der Waals surface area contributed by atoms with Gasteiger partial charge in [-0.15, -0.1) is 0 Å². The first-order valence-corrected chi connectivity index (χ1v) is 11.1. The molecule has 0 spiro atoms. The number of rotatable bonds is 6. The highest BCUT2D eigenvalue weighted by Gasteiger charge is 2.38. The highest BCUT2D eigenvalue weighted by Crippen LogP contribution is 2.50. The van der Waals surface area contributed by atoms with Gasteiger partial charge in [-0.25, -0.2) is 4.39 Å². The van der Waals surface area contributed by atoms with Crippen LogP contribution < -0.4 is 10.1 Å². The molecule has 1 unspecified atom stereocenters. The quantitative estimate of drug-likeness (QED) is 0.244. The largest absolute Gasteiger partial charge is 0.497 e. The zero-order valence-corrected chi connectivity index (χ0v) is 19.2. The Morgan fingerprint density at radius 3 is 2.49 bits per heavy atom. The van der Waals surface area contributed by atoms with Gasteiger partial charge in [0.25, 0.3) is 5.69 Å². The minimum atomic E-state index is -4.59. The number of methoxy groups -OCH3 is 1. The molecule has 11 heteroatoms. The molecular weight excluding hydrogens is 488 g/mol. The number of non-ortho nitro benzene ring substituents is 1. The maximum Gasteiger partial charge on any atom is 0.416 e. The van der Waals surface area contributed by atoms with Crippen molar-refractivity contribution in [1.29, 1.82) is 0 Å². The molecule has 1 atom stereocenters. The van der Waals surface area contributed by atoms with E-state index in [1.54, 1.807) is 7.05 Å². The molecule has 4 rings (SSSR count). The molecular formula is C24H18F4N2O4S. The van der Waals surface area contributed by atoms with Crippen molar-refractivity contribution in [2.45, 2.75) is 18.1 Å². The van der Waals surface area contributed by atoms with Crippen molar-refractivity contribution in [3.63, 3.8) is 0 Å². The molecule has 0 saturated heterocycles. The SMILES string of the molecule is CNC1=C(c2cccc(C(F)(F)F)c2)C(=O)C(c2cc(OC)cc3c([N+](=O)[O-])cc(CF)cc23)S1. The second-order valence-corrected chi connectivity index (χ2v) is 8.83. The van der Waals surface area contributed by atoms with Crippen LogP contribution in [0, 0.1) is 10.1 Å². The van der Waals surface area contributed by atoms with Crippen LogP contribution in [0.1, 0.15) is 27.5 Å². The molecule has 0 aromatic heterocycles. The average Bonchev–Trinajstić information content (AvgIpc) is 3.17. The zero-order valence-electron chi connectivity index (χ0n) is 18.4. The van der Waals surface area contributed by atoms with Gasteiger partial charge in [0.15, 0.2) is 5.78 Å². The van der Waals surface area contributed by atoms with Crippen LogP contribution in [0.5, 0.6) is 5.75 Å². The predicted octanol–water partition coefficient (Wildman–Crippen LogP) is 6.19. The highest BCUT2D eigenvalue weighted by atomic mass is 32.2. The number of hydrogen-bond acceptors (Lipinski definition) is 6. The number of carbonyl (C=O) groups is 1. The third kappa shape index (κ3) is 4.43. The van der Waals surface area contributed by atoms with Crippen molar-refractivity contribution in [2.75, 3.05) is 14.2 Å². The summed E-state index contributed by atoms with van der Waals surface area (Å²) in [6.45, 7) is -0.955. The van der Waals surface area contributed by atoms with Crippen LogP contribution in [0.25, 0.3) is 16.3 Å². The van der Waals surface area contributed by atoms with E-state index in [2.05, 4.69) is 5.32 Å². The smallest absolute Gasteiger partial charge is 0.416 e. The summed E-state index contributed by atoms with van der Waals surface area (Å²) in [6, 6.07) is 9.99. The van der Waals surface area contributed by atoms with Crippen LogP contribution >= 0.6 is 11.8 Å². The van der Waals surface area contributed by atoms with Gasteiger partial charge in [-0.05, 0) is 52.4 Å². The lowest BCUT2D eigenvalue weighted by Crippen LogP contribution is -2.10. The molecule has 6 nitrogen and oxygen atoms in total. The van der Waals surface area contributed by atoms with Crippen molar-refractivity contribution in [3.8, 4) is 5.75 Å². The van der Waals surface area contributed by atoms with Crippen LogP contribution in [0.15, 0.2) is 53.6 Å². The maximum absolute atomic E-state index is 13.6. The summed E-state index contributed by atoms with van der Waals surface area (Å²) in [7, 11) is 2.91. The second-order valence-electron chi connectivity index (χ2n) is 7.71. The Balaban J connectivity index is 1.90. The number of hydrogen-bond donors (Lipinski definition) is 1. The lowest BCUT2D eigenvalue weighted by molar-refractivity contribution is -0.383. The van der Waals surface area contributed by atoms with E-state index in [1.807, 2.05) is 0 Å². The summed E-state index contributed by atoms with van der Waals surface area (Å²) < 4.78 is 58.7. The Morgan fingerprint density at radius 2 is 1.89 bits per heavy atom. The average molecular weight is 506 g/mol. The fraction of sp³-hybridized carbons (Fsp3) is 0.208. The summed E-state index contributed by atoms with van der Waals surface area (Å²) in [6.07, 6.45) is -4.59. The van der Waals surface area contributed by atoms with E-state index in [0.717, 1.165) is 30.0 Å². The molecule has 0 radical (unpaired) electrons. The Morgan fingerprint density at radius 1 is 1.14 bits per heavy atom. The van der Waals surface area contributed by atoms with Gasteiger partial charge in [0, 0.05) is 13.1 Å². The van der Waals surface area contributed by atoms with Crippen molar-refractivity contribution in [3.05, 3.63) is 85.9 Å². The van der Waals surface area contributed by atoms with E-state index in [1.165, 1.54) is 37.4 Å². The summed E-state index contributed by atoms with van der Waals surface area (Å²) in [5, 5.41) is 14.4. The molecule has 1 aliphatic rings. The first-order chi connectivity index (χ1) is 16.6. The Labute approximate surface area is 201 Å². The lowest BCUT2D eigenvalue weighted by Gasteiger charge is -2.16. The van der Waals surface area contributed by atoms with Gasteiger partial charge in [0.1, 0.15) is 12.4 Å². The van der Waals surface area contributed by atoms with Gasteiger partial charge in [0.2, 0.25) is 0 Å². The van der Waals surface area contributed by atoms with Gasteiger partial charge >= 0.3 is 6.18 Å². The summed E-state index contributed by atoms with van der Waals surface area (Å²) in [5.74, 6) is -0.239. The number of Topliss-reactive ketones (excluding diaryl/α,β-unsaturated/α-hetero) is 1. The number of alkyl halides is 4. The van der Waals surface area contributed by atoms with Gasteiger partial charge in [-0.2, -0.15) is 13.2 Å². The van der Waals surface area contributed by atoms with Gasteiger partial charge in [-0.3, -0.25) is 14.9 Å². The minimum absolute atomic E-state index is 0.0611. The number of halogens is 4. The highest BCUT2D eigenvalue weighted by molar-refractivity contribution is 8.04. The molecule has 3 aromatic carbocycles. The number of carbonyl (C=O) groups excluding carboxylic acids is 1. The maximum atomic E-state index is 13.6. The van der Waals surface area contributed by atoms with E-state index in [9.17, 15) is 32.5 Å². The Bertz CT molecular complexity index is 1390. The van der Waals surface area contributed by atoms with Crippen molar-refractivity contribution >= 4 is 39.6 Å². The summed E-state index contributed by atoms with van der Waals surface area (Å²) >= 11 is 1.07. The third-order valence-electron chi connectivity index (χ3n) is 5.64. The fourth-order valence-corrected chi connectivity index (χ4v) is 5.29. The molecule has 1 aliphatic heterocycles. The number of ether oxygens (including phenoxy) is 1. The summed E-state index contributed by atoms with van der Waals surface area (Å²) in [4.78, 5) is 24.7. The number of nitrogens with zero attached hydrogens (tertiary/aromatic N) is 1. The minimum Gasteiger partial charge on any atom is -0.497 e. The summed E-state index contributed by atoms with van der Waals surface area (Å²) in [5.41, 5.74) is -0.680. The van der Waals surface area contributed by atoms with Crippen LogP contribution in [0.2, 0.25) is 0 Å². The van der Waals surface area contributed by atoms with E-state index < -0.39 is 34.4 Å². The number of fused-ring (bicyclic) bond motifs is 1. The molecule has 0 amide bonds. The molecule has 182 valence electrons. The molecule has 0 aliphatic carbocycles. The molecule has 1 N–H and O–H groups in total. The molecule has 0 saturated carbocycles. The second kappa shape index (κ2) is 9.21. The van der Waals surface area contributed by atoms with Gasteiger partial charge in [0.05, 0.1) is 38.8 Å².